The van der Waals surface area contributed by atoms with Gasteiger partial charge >= 0.3 is 0 Å². The monoisotopic (exact) mass is 225 g/mol. The van der Waals surface area contributed by atoms with Crippen molar-refractivity contribution in [1.29, 1.82) is 0 Å². The Morgan fingerprint density at radius 1 is 1.44 bits per heavy atom. The van der Waals surface area contributed by atoms with E-state index in [4.69, 9.17) is 0 Å². The van der Waals surface area contributed by atoms with Crippen molar-refractivity contribution in [2.45, 2.75) is 26.4 Å². The Kier molecular flexibility index (Phi) is 4.89. The van der Waals surface area contributed by atoms with Crippen molar-refractivity contribution < 1.29 is 0 Å². The highest BCUT2D eigenvalue weighted by Gasteiger charge is 2.14. The Bertz CT molecular complexity index is 305. The number of rotatable bonds is 6. The summed E-state index contributed by atoms with van der Waals surface area (Å²) in [5.41, 5.74) is 0.993. The van der Waals surface area contributed by atoms with E-state index >= 15 is 0 Å². The summed E-state index contributed by atoms with van der Waals surface area (Å²) in [4.78, 5) is 2.20. The van der Waals surface area contributed by atoms with Gasteiger partial charge in [-0.2, -0.15) is 0 Å². The summed E-state index contributed by atoms with van der Waals surface area (Å²) in [6.45, 7) is 6.29. The number of aromatic nitrogens is 3. The van der Waals surface area contributed by atoms with E-state index < -0.39 is 0 Å². The molecule has 1 atom stereocenters. The van der Waals surface area contributed by atoms with Gasteiger partial charge in [0.25, 0.3) is 0 Å². The summed E-state index contributed by atoms with van der Waals surface area (Å²) in [5, 5.41) is 11.5. The zero-order valence-electron chi connectivity index (χ0n) is 10.9. The largest absolute Gasteiger partial charge is 0.308 e. The Morgan fingerprint density at radius 2 is 2.12 bits per heavy atom. The predicted molar refractivity (Wildman–Crippen MR) is 65.0 cm³/mol. The molecular weight excluding hydrogens is 202 g/mol. The molecule has 1 N–H and O–H groups in total. The standard InChI is InChI=1S/C11H23N5/c1-9(2)11(8-15(3)4)12-6-10-7-16(5)14-13-10/h7,9,11-12H,6,8H2,1-5H3. The first-order chi connectivity index (χ1) is 7.49. The lowest BCUT2D eigenvalue weighted by Crippen LogP contribution is -2.41. The molecule has 1 aromatic rings. The van der Waals surface area contributed by atoms with Gasteiger partial charge in [0.1, 0.15) is 0 Å². The molecule has 0 amide bonds. The van der Waals surface area contributed by atoms with Crippen LogP contribution in [-0.4, -0.2) is 46.6 Å². The third-order valence-corrected chi connectivity index (χ3v) is 2.56. The van der Waals surface area contributed by atoms with Gasteiger partial charge in [-0.3, -0.25) is 4.68 Å². The van der Waals surface area contributed by atoms with E-state index in [1.54, 1.807) is 4.68 Å². The van der Waals surface area contributed by atoms with Crippen molar-refractivity contribution in [3.8, 4) is 0 Å². The fraction of sp³-hybridized carbons (Fsp3) is 0.818. The third kappa shape index (κ3) is 4.28. The van der Waals surface area contributed by atoms with Crippen LogP contribution >= 0.6 is 0 Å². The van der Waals surface area contributed by atoms with Gasteiger partial charge in [-0.1, -0.05) is 19.1 Å². The van der Waals surface area contributed by atoms with Crippen LogP contribution in [0.3, 0.4) is 0 Å². The number of nitrogens with zero attached hydrogens (tertiary/aromatic N) is 4. The van der Waals surface area contributed by atoms with E-state index in [9.17, 15) is 0 Å². The maximum atomic E-state index is 4.06. The van der Waals surface area contributed by atoms with Crippen molar-refractivity contribution in [2.24, 2.45) is 13.0 Å². The van der Waals surface area contributed by atoms with Gasteiger partial charge in [0.2, 0.25) is 0 Å². The zero-order valence-corrected chi connectivity index (χ0v) is 10.9. The zero-order chi connectivity index (χ0) is 12.1. The molecule has 0 fully saturated rings. The molecule has 0 aromatic carbocycles. The average Bonchev–Trinajstić information content (AvgIpc) is 2.58. The SMILES string of the molecule is CC(C)C(CN(C)C)NCc1cn(C)nn1. The Labute approximate surface area is 97.8 Å². The Hall–Kier alpha value is -0.940. The highest BCUT2D eigenvalue weighted by atomic mass is 15.4. The van der Waals surface area contributed by atoms with Crippen molar-refractivity contribution in [3.05, 3.63) is 11.9 Å². The summed E-state index contributed by atoms with van der Waals surface area (Å²) >= 11 is 0. The lowest BCUT2D eigenvalue weighted by Gasteiger charge is -2.25. The lowest BCUT2D eigenvalue weighted by atomic mass is 10.0. The van der Waals surface area contributed by atoms with Crippen LogP contribution in [-0.2, 0) is 13.6 Å². The highest BCUT2D eigenvalue weighted by molar-refractivity contribution is 4.92. The molecule has 0 aliphatic heterocycles. The topological polar surface area (TPSA) is 46.0 Å². The Morgan fingerprint density at radius 3 is 2.56 bits per heavy atom. The number of hydrogen-bond acceptors (Lipinski definition) is 4. The lowest BCUT2D eigenvalue weighted by molar-refractivity contribution is 0.287. The maximum Gasteiger partial charge on any atom is 0.0964 e. The van der Waals surface area contributed by atoms with Crippen LogP contribution in [0, 0.1) is 5.92 Å². The van der Waals surface area contributed by atoms with Gasteiger partial charge in [-0.25, -0.2) is 0 Å². The molecule has 0 saturated heterocycles. The summed E-state index contributed by atoms with van der Waals surface area (Å²) < 4.78 is 1.73. The van der Waals surface area contributed by atoms with Crippen molar-refractivity contribution in [1.82, 2.24) is 25.2 Å². The van der Waals surface area contributed by atoms with Crippen LogP contribution < -0.4 is 5.32 Å². The predicted octanol–water partition coefficient (Wildman–Crippen LogP) is 0.491. The van der Waals surface area contributed by atoms with Crippen molar-refractivity contribution >= 4 is 0 Å². The fourth-order valence-electron chi connectivity index (χ4n) is 1.62. The number of hydrogen-bond donors (Lipinski definition) is 1. The summed E-state index contributed by atoms with van der Waals surface area (Å²) in [7, 11) is 6.08. The van der Waals surface area contributed by atoms with Crippen LogP contribution in [0.5, 0.6) is 0 Å². The molecule has 92 valence electrons. The van der Waals surface area contributed by atoms with Gasteiger partial charge in [-0.05, 0) is 20.0 Å². The molecule has 1 heterocycles. The molecule has 16 heavy (non-hydrogen) atoms. The van der Waals surface area contributed by atoms with Gasteiger partial charge in [0.15, 0.2) is 0 Å². The number of aryl methyl sites for hydroxylation is 1. The van der Waals surface area contributed by atoms with Crippen molar-refractivity contribution in [2.75, 3.05) is 20.6 Å². The second kappa shape index (κ2) is 5.96. The molecule has 0 aliphatic rings. The fourth-order valence-corrected chi connectivity index (χ4v) is 1.62. The van der Waals surface area contributed by atoms with E-state index in [1.165, 1.54) is 0 Å². The molecule has 0 bridgehead atoms. The first-order valence-corrected chi connectivity index (χ1v) is 5.72. The summed E-state index contributed by atoms with van der Waals surface area (Å²) in [5.74, 6) is 0.610. The number of nitrogens with one attached hydrogen (secondary N) is 1. The minimum Gasteiger partial charge on any atom is -0.308 e. The van der Waals surface area contributed by atoms with Crippen molar-refractivity contribution in [3.63, 3.8) is 0 Å². The van der Waals surface area contributed by atoms with E-state index in [0.717, 1.165) is 18.8 Å². The summed E-state index contributed by atoms with van der Waals surface area (Å²) in [6, 6.07) is 0.483. The highest BCUT2D eigenvalue weighted by Crippen LogP contribution is 2.04. The normalized spacial score (nSPS) is 13.7. The summed E-state index contributed by atoms with van der Waals surface area (Å²) in [6.07, 6.45) is 1.94. The Balaban J connectivity index is 2.43. The molecule has 1 rings (SSSR count). The molecule has 5 heteroatoms. The smallest absolute Gasteiger partial charge is 0.0964 e. The molecule has 0 spiro atoms. The molecule has 1 aromatic heterocycles. The molecule has 0 radical (unpaired) electrons. The quantitative estimate of drug-likeness (QED) is 0.765. The minimum absolute atomic E-state index is 0.483. The first-order valence-electron chi connectivity index (χ1n) is 5.72. The molecule has 1 unspecified atom stereocenters. The molecule has 0 aliphatic carbocycles. The average molecular weight is 225 g/mol. The minimum atomic E-state index is 0.483. The van der Waals surface area contributed by atoms with E-state index in [-0.39, 0.29) is 0 Å². The molecule has 5 nitrogen and oxygen atoms in total. The van der Waals surface area contributed by atoms with Crippen LogP contribution in [0.15, 0.2) is 6.20 Å². The van der Waals surface area contributed by atoms with E-state index in [1.807, 2.05) is 13.2 Å². The first kappa shape index (κ1) is 13.1. The van der Waals surface area contributed by atoms with Crippen LogP contribution in [0.25, 0.3) is 0 Å². The molecular formula is C11H23N5. The second-order valence-electron chi connectivity index (χ2n) is 4.88. The molecule has 0 saturated carbocycles. The van der Waals surface area contributed by atoms with E-state index in [2.05, 4.69) is 48.5 Å². The van der Waals surface area contributed by atoms with Crippen LogP contribution in [0.1, 0.15) is 19.5 Å². The van der Waals surface area contributed by atoms with E-state index in [0.29, 0.717) is 12.0 Å². The second-order valence-corrected chi connectivity index (χ2v) is 4.88. The number of likely N-dealkylation sites (N-methyl/N-ethyl adjacent to an activating group) is 1. The van der Waals surface area contributed by atoms with Crippen LogP contribution in [0.2, 0.25) is 0 Å². The van der Waals surface area contributed by atoms with Gasteiger partial charge in [0, 0.05) is 32.4 Å². The maximum absolute atomic E-state index is 4.06. The van der Waals surface area contributed by atoms with Gasteiger partial charge < -0.3 is 10.2 Å². The van der Waals surface area contributed by atoms with Gasteiger partial charge in [0.05, 0.1) is 5.69 Å². The third-order valence-electron chi connectivity index (χ3n) is 2.56. The van der Waals surface area contributed by atoms with Gasteiger partial charge in [-0.15, -0.1) is 5.10 Å². The van der Waals surface area contributed by atoms with Crippen LogP contribution in [0.4, 0.5) is 0 Å².